The van der Waals surface area contributed by atoms with Gasteiger partial charge >= 0.3 is 5.97 Å². The van der Waals surface area contributed by atoms with Gasteiger partial charge in [-0.15, -0.1) is 11.3 Å². The van der Waals surface area contributed by atoms with E-state index in [2.05, 4.69) is 4.98 Å². The second-order valence-corrected chi connectivity index (χ2v) is 6.28. The van der Waals surface area contributed by atoms with Crippen LogP contribution in [0, 0.1) is 0 Å². The second kappa shape index (κ2) is 9.16. The Morgan fingerprint density at radius 3 is 2.35 bits per heavy atom. The molecule has 0 saturated heterocycles. The first kappa shape index (κ1) is 19.7. The van der Waals surface area contributed by atoms with Crippen molar-refractivity contribution in [3.05, 3.63) is 39.8 Å². The number of aliphatic carboxylic acids is 1. The number of carbonyl (C=O) groups excluding carboxylic acids is 1. The number of amides is 1. The van der Waals surface area contributed by atoms with Crippen LogP contribution < -0.4 is 9.47 Å². The number of benzene rings is 1. The van der Waals surface area contributed by atoms with Gasteiger partial charge in [0.15, 0.2) is 0 Å². The Labute approximate surface area is 154 Å². The summed E-state index contributed by atoms with van der Waals surface area (Å²) in [6.45, 7) is -0.0741. The fourth-order valence-electron chi connectivity index (χ4n) is 2.30. The lowest BCUT2D eigenvalue weighted by Gasteiger charge is -2.20. The van der Waals surface area contributed by atoms with Crippen LogP contribution in [0.15, 0.2) is 23.6 Å². The van der Waals surface area contributed by atoms with Crippen molar-refractivity contribution >= 4 is 23.2 Å². The number of rotatable bonds is 9. The van der Waals surface area contributed by atoms with Gasteiger partial charge in [-0.2, -0.15) is 0 Å². The van der Waals surface area contributed by atoms with Crippen LogP contribution in [0.3, 0.4) is 0 Å². The Balaban J connectivity index is 2.26. The van der Waals surface area contributed by atoms with Crippen LogP contribution in [0.5, 0.6) is 11.5 Å². The molecule has 0 fully saturated rings. The molecule has 0 radical (unpaired) electrons. The van der Waals surface area contributed by atoms with Gasteiger partial charge in [0.25, 0.3) is 5.91 Å². The van der Waals surface area contributed by atoms with E-state index >= 15 is 0 Å². The standard InChI is InChI=1S/C17H20N2O6S/c1-23-9-15-18-14(10-26-15)17(22)19(8-16(20)21)7-11-4-12(24-2)6-13(5-11)25-3/h4-6,10H,7-9H2,1-3H3,(H,20,21). The highest BCUT2D eigenvalue weighted by Gasteiger charge is 2.22. The minimum absolute atomic E-state index is 0.0792. The van der Waals surface area contributed by atoms with Crippen molar-refractivity contribution in [1.29, 1.82) is 0 Å². The second-order valence-electron chi connectivity index (χ2n) is 5.34. The molecule has 0 bridgehead atoms. The van der Waals surface area contributed by atoms with E-state index in [0.29, 0.717) is 28.7 Å². The van der Waals surface area contributed by atoms with E-state index in [1.807, 2.05) is 0 Å². The molecule has 26 heavy (non-hydrogen) atoms. The third-order valence-electron chi connectivity index (χ3n) is 3.44. The normalized spacial score (nSPS) is 10.4. The molecule has 0 saturated carbocycles. The molecule has 1 heterocycles. The molecular formula is C17H20N2O6S. The van der Waals surface area contributed by atoms with Crippen molar-refractivity contribution in [1.82, 2.24) is 9.88 Å². The Morgan fingerprint density at radius 1 is 1.15 bits per heavy atom. The van der Waals surface area contributed by atoms with Crippen molar-refractivity contribution in [2.24, 2.45) is 0 Å². The summed E-state index contributed by atoms with van der Waals surface area (Å²) in [7, 11) is 4.58. The molecule has 1 aromatic heterocycles. The highest BCUT2D eigenvalue weighted by atomic mass is 32.1. The van der Waals surface area contributed by atoms with E-state index in [9.17, 15) is 9.59 Å². The minimum Gasteiger partial charge on any atom is -0.497 e. The van der Waals surface area contributed by atoms with Gasteiger partial charge in [-0.1, -0.05) is 0 Å². The highest BCUT2D eigenvalue weighted by Crippen LogP contribution is 2.24. The van der Waals surface area contributed by atoms with Crippen molar-refractivity contribution in [2.75, 3.05) is 27.9 Å². The molecule has 9 heteroatoms. The SMILES string of the molecule is COCc1nc(C(=O)N(CC(=O)O)Cc2cc(OC)cc(OC)c2)cs1. The summed E-state index contributed by atoms with van der Waals surface area (Å²) in [4.78, 5) is 29.3. The van der Waals surface area contributed by atoms with Crippen molar-refractivity contribution in [2.45, 2.75) is 13.2 Å². The first-order valence-electron chi connectivity index (χ1n) is 7.63. The number of thiazole rings is 1. The van der Waals surface area contributed by atoms with Crippen LogP contribution in [0.2, 0.25) is 0 Å². The zero-order valence-electron chi connectivity index (χ0n) is 14.7. The molecule has 1 aromatic carbocycles. The van der Waals surface area contributed by atoms with Crippen molar-refractivity contribution in [3.8, 4) is 11.5 Å². The average Bonchev–Trinajstić information content (AvgIpc) is 3.08. The molecule has 140 valence electrons. The minimum atomic E-state index is -1.11. The maximum absolute atomic E-state index is 12.7. The molecule has 2 aromatic rings. The topological polar surface area (TPSA) is 98.2 Å². The van der Waals surface area contributed by atoms with Crippen LogP contribution in [-0.2, 0) is 22.7 Å². The van der Waals surface area contributed by atoms with Crippen LogP contribution in [-0.4, -0.2) is 54.7 Å². The first-order valence-corrected chi connectivity index (χ1v) is 8.51. The predicted octanol–water partition coefficient (Wildman–Crippen LogP) is 2.03. The molecule has 1 N–H and O–H groups in total. The smallest absolute Gasteiger partial charge is 0.323 e. The summed E-state index contributed by atoms with van der Waals surface area (Å²) in [6, 6.07) is 5.15. The van der Waals surface area contributed by atoms with E-state index in [-0.39, 0.29) is 12.2 Å². The number of hydrogen-bond donors (Lipinski definition) is 1. The van der Waals surface area contributed by atoms with E-state index in [0.717, 1.165) is 0 Å². The van der Waals surface area contributed by atoms with Crippen LogP contribution >= 0.6 is 11.3 Å². The van der Waals surface area contributed by atoms with Gasteiger partial charge in [0.2, 0.25) is 0 Å². The predicted molar refractivity (Wildman–Crippen MR) is 94.7 cm³/mol. The van der Waals surface area contributed by atoms with Crippen LogP contribution in [0.1, 0.15) is 21.1 Å². The molecule has 8 nitrogen and oxygen atoms in total. The Bertz CT molecular complexity index is 754. The summed E-state index contributed by atoms with van der Waals surface area (Å²) >= 11 is 1.29. The molecule has 1 amide bonds. The lowest BCUT2D eigenvalue weighted by Crippen LogP contribution is -2.35. The van der Waals surface area contributed by atoms with E-state index in [1.54, 1.807) is 23.6 Å². The zero-order chi connectivity index (χ0) is 19.1. The summed E-state index contributed by atoms with van der Waals surface area (Å²) in [5, 5.41) is 11.4. The molecule has 2 rings (SSSR count). The van der Waals surface area contributed by atoms with E-state index < -0.39 is 18.4 Å². The Hall–Kier alpha value is -2.65. The van der Waals surface area contributed by atoms with Gasteiger partial charge in [0.05, 0.1) is 20.8 Å². The van der Waals surface area contributed by atoms with Gasteiger partial charge in [-0.05, 0) is 17.7 Å². The van der Waals surface area contributed by atoms with Gasteiger partial charge < -0.3 is 24.2 Å². The molecule has 0 unspecified atom stereocenters. The number of aromatic nitrogens is 1. The van der Waals surface area contributed by atoms with Gasteiger partial charge in [0.1, 0.15) is 28.7 Å². The number of carboxylic acids is 1. The van der Waals surface area contributed by atoms with Gasteiger partial charge in [-0.3, -0.25) is 9.59 Å². The number of carboxylic acid groups (broad SMARTS) is 1. The molecule has 0 spiro atoms. The van der Waals surface area contributed by atoms with Crippen molar-refractivity contribution < 1.29 is 28.9 Å². The summed E-state index contributed by atoms with van der Waals surface area (Å²) in [5.41, 5.74) is 0.876. The first-order chi connectivity index (χ1) is 12.5. The number of nitrogens with zero attached hydrogens (tertiary/aromatic N) is 2. The summed E-state index contributed by atoms with van der Waals surface area (Å²) in [5.74, 6) is -0.468. The molecule has 0 aliphatic heterocycles. The molecular weight excluding hydrogens is 360 g/mol. The number of ether oxygens (including phenoxy) is 3. The molecule has 0 atom stereocenters. The Kier molecular flexibility index (Phi) is 6.93. The lowest BCUT2D eigenvalue weighted by molar-refractivity contribution is -0.137. The molecule has 0 aliphatic carbocycles. The number of methoxy groups -OCH3 is 3. The fraction of sp³-hybridized carbons (Fsp3) is 0.353. The summed E-state index contributed by atoms with van der Waals surface area (Å²) in [6.07, 6.45) is 0. The zero-order valence-corrected chi connectivity index (χ0v) is 15.5. The maximum Gasteiger partial charge on any atom is 0.323 e. The largest absolute Gasteiger partial charge is 0.497 e. The average molecular weight is 380 g/mol. The summed E-state index contributed by atoms with van der Waals surface area (Å²) < 4.78 is 15.4. The highest BCUT2D eigenvalue weighted by molar-refractivity contribution is 7.09. The van der Waals surface area contributed by atoms with Gasteiger partial charge in [0, 0.05) is 25.1 Å². The van der Waals surface area contributed by atoms with Gasteiger partial charge in [-0.25, -0.2) is 4.98 Å². The number of hydrogen-bond acceptors (Lipinski definition) is 7. The maximum atomic E-state index is 12.7. The monoisotopic (exact) mass is 380 g/mol. The van der Waals surface area contributed by atoms with Crippen LogP contribution in [0.4, 0.5) is 0 Å². The lowest BCUT2D eigenvalue weighted by atomic mass is 10.1. The Morgan fingerprint density at radius 2 is 1.81 bits per heavy atom. The van der Waals surface area contributed by atoms with Crippen molar-refractivity contribution in [3.63, 3.8) is 0 Å². The fourth-order valence-corrected chi connectivity index (χ4v) is 3.04. The van der Waals surface area contributed by atoms with E-state index in [1.165, 1.54) is 37.6 Å². The van der Waals surface area contributed by atoms with E-state index in [4.69, 9.17) is 19.3 Å². The van der Waals surface area contributed by atoms with Crippen LogP contribution in [0.25, 0.3) is 0 Å². The third-order valence-corrected chi connectivity index (χ3v) is 4.26. The molecule has 0 aliphatic rings. The third kappa shape index (κ3) is 5.17. The number of carbonyl (C=O) groups is 2. The quantitative estimate of drug-likeness (QED) is 0.711.